The van der Waals surface area contributed by atoms with Gasteiger partial charge in [-0.05, 0) is 49.3 Å². The molecular weight excluding hydrogens is 504 g/mol. The standard InChI is InChI=1S/C24H23F2N7O3S/c1-32-20-11(10-29-32)4-16(18(27)34)21(30-20)36-14-8-24(9-14)6-13(7-24)33-23(19(28)35)37-22(31-33)15-3-2-12(25)5-17(15)26/h2-5,10,13-14,23H,6-9H2,1H3,(H2,27,34)(H2,28,35). The van der Waals surface area contributed by atoms with Gasteiger partial charge in [0.1, 0.15) is 28.3 Å². The zero-order valence-corrected chi connectivity index (χ0v) is 20.5. The van der Waals surface area contributed by atoms with Crippen molar-refractivity contribution in [2.75, 3.05) is 0 Å². The van der Waals surface area contributed by atoms with Gasteiger partial charge in [-0.25, -0.2) is 8.78 Å². The van der Waals surface area contributed by atoms with Gasteiger partial charge in [0, 0.05) is 24.1 Å². The number of amides is 2. The first-order valence-corrected chi connectivity index (χ1v) is 12.6. The van der Waals surface area contributed by atoms with Crippen molar-refractivity contribution in [2.45, 2.75) is 43.2 Å². The molecule has 3 heterocycles. The van der Waals surface area contributed by atoms with Crippen molar-refractivity contribution in [1.82, 2.24) is 19.8 Å². The number of hydrogen-bond acceptors (Lipinski definition) is 8. The summed E-state index contributed by atoms with van der Waals surface area (Å²) in [7, 11) is 1.75. The van der Waals surface area contributed by atoms with Crippen molar-refractivity contribution >= 4 is 39.7 Å². The molecule has 2 amide bonds. The molecule has 37 heavy (non-hydrogen) atoms. The Morgan fingerprint density at radius 3 is 2.59 bits per heavy atom. The van der Waals surface area contributed by atoms with Gasteiger partial charge in [-0.2, -0.15) is 15.2 Å². The summed E-state index contributed by atoms with van der Waals surface area (Å²) >= 11 is 1.07. The molecule has 1 spiro atoms. The number of halogens is 2. The lowest BCUT2D eigenvalue weighted by molar-refractivity contribution is -0.132. The Morgan fingerprint density at radius 2 is 1.92 bits per heavy atom. The van der Waals surface area contributed by atoms with Crippen LogP contribution in [0.2, 0.25) is 0 Å². The van der Waals surface area contributed by atoms with Crippen LogP contribution >= 0.6 is 11.8 Å². The first-order valence-electron chi connectivity index (χ1n) is 11.7. The van der Waals surface area contributed by atoms with E-state index in [2.05, 4.69) is 15.2 Å². The fourth-order valence-corrected chi connectivity index (χ4v) is 6.61. The molecule has 0 radical (unpaired) electrons. The SMILES string of the molecule is Cn1ncc2cc(C(N)=O)c(OC3CC4(C3)CC(N3N=C(c5ccc(F)cc5F)SC3C(N)=O)C4)nc21. The summed E-state index contributed by atoms with van der Waals surface area (Å²) in [5, 5.41) is 10.5. The number of hydrazone groups is 1. The minimum atomic E-state index is -0.762. The second-order valence-electron chi connectivity index (χ2n) is 9.88. The van der Waals surface area contributed by atoms with Gasteiger partial charge in [0.2, 0.25) is 5.88 Å². The van der Waals surface area contributed by atoms with E-state index in [9.17, 15) is 18.4 Å². The van der Waals surface area contributed by atoms with Crippen molar-refractivity contribution in [3.63, 3.8) is 0 Å². The van der Waals surface area contributed by atoms with E-state index in [0.717, 1.165) is 49.6 Å². The predicted octanol–water partition coefficient (Wildman–Crippen LogP) is 2.26. The predicted molar refractivity (Wildman–Crippen MR) is 131 cm³/mol. The maximum absolute atomic E-state index is 14.3. The maximum atomic E-state index is 14.3. The van der Waals surface area contributed by atoms with Gasteiger partial charge in [-0.1, -0.05) is 11.8 Å². The van der Waals surface area contributed by atoms with Crippen molar-refractivity contribution in [3.8, 4) is 5.88 Å². The fraction of sp³-hybridized carbons (Fsp3) is 0.375. The van der Waals surface area contributed by atoms with Crippen LogP contribution < -0.4 is 16.2 Å². The zero-order valence-electron chi connectivity index (χ0n) is 19.7. The summed E-state index contributed by atoms with van der Waals surface area (Å²) in [6.07, 6.45) is 4.49. The van der Waals surface area contributed by atoms with Crippen LogP contribution in [0, 0.1) is 17.0 Å². The van der Waals surface area contributed by atoms with Crippen LogP contribution in [0.25, 0.3) is 11.0 Å². The Kier molecular flexibility index (Phi) is 5.37. The molecule has 3 aliphatic rings. The van der Waals surface area contributed by atoms with E-state index < -0.39 is 28.8 Å². The highest BCUT2D eigenvalue weighted by Gasteiger charge is 2.57. The lowest BCUT2D eigenvalue weighted by Crippen LogP contribution is -2.59. The van der Waals surface area contributed by atoms with E-state index >= 15 is 0 Å². The Balaban J connectivity index is 1.13. The number of primary amides is 2. The maximum Gasteiger partial charge on any atom is 0.254 e. The number of ether oxygens (including phenoxy) is 1. The van der Waals surface area contributed by atoms with E-state index in [4.69, 9.17) is 16.2 Å². The molecule has 3 aromatic rings. The van der Waals surface area contributed by atoms with Crippen LogP contribution in [0.5, 0.6) is 5.88 Å². The lowest BCUT2D eigenvalue weighted by atomic mass is 9.52. The van der Waals surface area contributed by atoms with E-state index in [-0.39, 0.29) is 34.6 Å². The number of fused-ring (bicyclic) bond motifs is 1. The molecule has 192 valence electrons. The normalized spacial score (nSPS) is 26.6. The summed E-state index contributed by atoms with van der Waals surface area (Å²) < 4.78 is 35.3. The monoisotopic (exact) mass is 527 g/mol. The third-order valence-corrected chi connectivity index (χ3v) is 8.52. The summed E-state index contributed by atoms with van der Waals surface area (Å²) in [6.45, 7) is 0. The van der Waals surface area contributed by atoms with E-state index in [1.807, 2.05) is 0 Å². The highest BCUT2D eigenvalue weighted by atomic mass is 32.2. The molecule has 1 atom stereocenters. The van der Waals surface area contributed by atoms with Crippen LogP contribution in [-0.2, 0) is 11.8 Å². The number of carbonyl (C=O) groups is 2. The first kappa shape index (κ1) is 23.6. The second kappa shape index (κ2) is 8.40. The second-order valence-corrected chi connectivity index (χ2v) is 10.9. The quantitative estimate of drug-likeness (QED) is 0.501. The van der Waals surface area contributed by atoms with Crippen molar-refractivity contribution in [3.05, 3.63) is 53.2 Å². The molecule has 0 bridgehead atoms. The number of rotatable bonds is 6. The summed E-state index contributed by atoms with van der Waals surface area (Å²) in [4.78, 5) is 28.6. The third-order valence-electron chi connectivity index (χ3n) is 7.32. The molecule has 4 N–H and O–H groups in total. The molecule has 0 saturated heterocycles. The van der Waals surface area contributed by atoms with Gasteiger partial charge < -0.3 is 16.2 Å². The van der Waals surface area contributed by atoms with Crippen LogP contribution in [0.1, 0.15) is 41.6 Å². The number of hydrogen-bond donors (Lipinski definition) is 2. The van der Waals surface area contributed by atoms with Crippen LogP contribution in [-0.4, -0.2) is 54.2 Å². The molecular formula is C24H23F2N7O3S. The first-order chi connectivity index (χ1) is 17.6. The third kappa shape index (κ3) is 3.97. The Bertz CT molecular complexity index is 1480. The molecule has 2 aliphatic carbocycles. The lowest BCUT2D eigenvalue weighted by Gasteiger charge is -2.58. The smallest absolute Gasteiger partial charge is 0.254 e. The largest absolute Gasteiger partial charge is 0.474 e. The molecule has 1 aromatic carbocycles. The summed E-state index contributed by atoms with van der Waals surface area (Å²) in [5.74, 6) is -2.43. The Morgan fingerprint density at radius 1 is 1.16 bits per heavy atom. The van der Waals surface area contributed by atoms with Crippen LogP contribution in [0.4, 0.5) is 8.78 Å². The molecule has 2 aromatic heterocycles. The number of nitrogens with zero attached hydrogens (tertiary/aromatic N) is 5. The average Bonchev–Trinajstić information content (AvgIpc) is 3.38. The average molecular weight is 528 g/mol. The number of aryl methyl sites for hydroxylation is 1. The van der Waals surface area contributed by atoms with E-state index in [1.165, 1.54) is 6.07 Å². The molecule has 1 aliphatic heterocycles. The van der Waals surface area contributed by atoms with E-state index in [0.29, 0.717) is 16.1 Å². The van der Waals surface area contributed by atoms with Crippen LogP contribution in [0.3, 0.4) is 0 Å². The number of aromatic nitrogens is 3. The number of carbonyl (C=O) groups excluding carboxylic acids is 2. The summed E-state index contributed by atoms with van der Waals surface area (Å²) in [5.41, 5.74) is 12.1. The van der Waals surface area contributed by atoms with Gasteiger partial charge in [-0.15, -0.1) is 0 Å². The zero-order chi connectivity index (χ0) is 26.1. The molecule has 13 heteroatoms. The minimum Gasteiger partial charge on any atom is -0.474 e. The van der Waals surface area contributed by atoms with Crippen molar-refractivity contribution in [1.29, 1.82) is 0 Å². The summed E-state index contributed by atoms with van der Waals surface area (Å²) in [6, 6.07) is 4.84. The molecule has 6 rings (SSSR count). The van der Waals surface area contributed by atoms with Gasteiger partial charge >= 0.3 is 0 Å². The van der Waals surface area contributed by atoms with Gasteiger partial charge in [0.15, 0.2) is 11.0 Å². The highest BCUT2D eigenvalue weighted by Crippen LogP contribution is 2.59. The highest BCUT2D eigenvalue weighted by molar-refractivity contribution is 8.15. The molecule has 2 fully saturated rings. The molecule has 10 nitrogen and oxygen atoms in total. The molecule has 1 unspecified atom stereocenters. The number of nitrogens with two attached hydrogens (primary N) is 2. The number of benzene rings is 1. The number of pyridine rings is 1. The van der Waals surface area contributed by atoms with Crippen molar-refractivity contribution < 1.29 is 23.1 Å². The topological polar surface area (TPSA) is 142 Å². The van der Waals surface area contributed by atoms with Crippen molar-refractivity contribution in [2.24, 2.45) is 29.0 Å². The van der Waals surface area contributed by atoms with E-state index in [1.54, 1.807) is 29.0 Å². The Labute approximate surface area is 214 Å². The Hall–Kier alpha value is -3.74. The van der Waals surface area contributed by atoms with Crippen LogP contribution in [0.15, 0.2) is 35.6 Å². The fourth-order valence-electron chi connectivity index (χ4n) is 5.52. The number of thioether (sulfide) groups is 1. The van der Waals surface area contributed by atoms with Gasteiger partial charge in [0.05, 0.1) is 12.2 Å². The molecule has 2 saturated carbocycles. The minimum absolute atomic E-state index is 0.0190. The van der Waals surface area contributed by atoms with Gasteiger partial charge in [-0.3, -0.25) is 19.3 Å². The van der Waals surface area contributed by atoms with Gasteiger partial charge in [0.25, 0.3) is 11.8 Å².